The number of para-hydroxylation sites is 1. The summed E-state index contributed by atoms with van der Waals surface area (Å²) in [7, 11) is -3.69. The van der Waals surface area contributed by atoms with Gasteiger partial charge in [0.2, 0.25) is 5.89 Å². The van der Waals surface area contributed by atoms with Crippen LogP contribution in [-0.4, -0.2) is 18.6 Å². The molecule has 0 aliphatic heterocycles. The van der Waals surface area contributed by atoms with Crippen LogP contribution in [0.3, 0.4) is 0 Å². The molecule has 25 heavy (non-hydrogen) atoms. The van der Waals surface area contributed by atoms with Crippen molar-refractivity contribution >= 4 is 15.7 Å². The smallest absolute Gasteiger partial charge is 0.262 e. The van der Waals surface area contributed by atoms with Crippen molar-refractivity contribution in [1.29, 1.82) is 0 Å². The Morgan fingerprint density at radius 3 is 2.56 bits per heavy atom. The molecule has 0 aliphatic rings. The van der Waals surface area contributed by atoms with Gasteiger partial charge >= 0.3 is 0 Å². The fourth-order valence-corrected chi connectivity index (χ4v) is 3.98. The van der Waals surface area contributed by atoms with Crippen LogP contribution < -0.4 is 4.72 Å². The summed E-state index contributed by atoms with van der Waals surface area (Å²) in [5.74, 6) is 0.985. The van der Waals surface area contributed by atoms with Crippen molar-refractivity contribution in [2.45, 2.75) is 32.1 Å². The van der Waals surface area contributed by atoms with Gasteiger partial charge in [0.15, 0.2) is 5.82 Å². The van der Waals surface area contributed by atoms with E-state index in [-0.39, 0.29) is 4.90 Å². The van der Waals surface area contributed by atoms with Gasteiger partial charge in [0, 0.05) is 0 Å². The Bertz CT molecular complexity index is 1010. The van der Waals surface area contributed by atoms with Crippen molar-refractivity contribution in [3.05, 3.63) is 70.9 Å². The Balaban J connectivity index is 1.93. The minimum atomic E-state index is -3.69. The van der Waals surface area contributed by atoms with E-state index in [1.54, 1.807) is 38.1 Å². The highest BCUT2D eigenvalue weighted by atomic mass is 32.2. The standard InChI is InChI=1S/C18H19N3O3S/c1-12-8-9-13(2)17(10-12)25(22,23)21-16-7-5-4-6-15(16)11-18-19-14(3)20-24-18/h4-10,21H,11H2,1-3H3. The van der Waals surface area contributed by atoms with Gasteiger partial charge in [-0.15, -0.1) is 0 Å². The van der Waals surface area contributed by atoms with Crippen LogP contribution in [0.2, 0.25) is 0 Å². The molecule has 6 nitrogen and oxygen atoms in total. The van der Waals surface area contributed by atoms with Crippen LogP contribution in [0.5, 0.6) is 0 Å². The first kappa shape index (κ1) is 17.2. The number of sulfonamides is 1. The predicted molar refractivity (Wildman–Crippen MR) is 95.0 cm³/mol. The quantitative estimate of drug-likeness (QED) is 0.756. The Hall–Kier alpha value is -2.67. The topological polar surface area (TPSA) is 85.1 Å². The zero-order chi connectivity index (χ0) is 18.0. The molecule has 1 aromatic heterocycles. The lowest BCUT2D eigenvalue weighted by Gasteiger charge is -2.13. The molecule has 0 fully saturated rings. The average molecular weight is 357 g/mol. The largest absolute Gasteiger partial charge is 0.339 e. The number of nitrogens with zero attached hydrogens (tertiary/aromatic N) is 2. The molecular formula is C18H19N3O3S. The Kier molecular flexibility index (Phi) is 4.59. The Morgan fingerprint density at radius 2 is 1.84 bits per heavy atom. The summed E-state index contributed by atoms with van der Waals surface area (Å²) < 4.78 is 33.5. The average Bonchev–Trinajstić information content (AvgIpc) is 2.96. The molecule has 1 heterocycles. The van der Waals surface area contributed by atoms with Crippen LogP contribution in [-0.2, 0) is 16.4 Å². The van der Waals surface area contributed by atoms with Crippen LogP contribution in [0.4, 0.5) is 5.69 Å². The number of hydrogen-bond donors (Lipinski definition) is 1. The Morgan fingerprint density at radius 1 is 1.08 bits per heavy atom. The van der Waals surface area contributed by atoms with Crippen molar-refractivity contribution in [2.24, 2.45) is 0 Å². The maximum absolute atomic E-state index is 12.8. The number of rotatable bonds is 5. The first-order chi connectivity index (χ1) is 11.8. The second-order valence-electron chi connectivity index (χ2n) is 5.94. The molecular weight excluding hydrogens is 338 g/mol. The first-order valence-electron chi connectivity index (χ1n) is 7.82. The second kappa shape index (κ2) is 6.68. The molecule has 1 N–H and O–H groups in total. The van der Waals surface area contributed by atoms with E-state index in [9.17, 15) is 8.42 Å². The fourth-order valence-electron chi connectivity index (χ4n) is 2.55. The fraction of sp³-hybridized carbons (Fsp3) is 0.222. The Labute approximate surface area is 147 Å². The highest BCUT2D eigenvalue weighted by molar-refractivity contribution is 7.92. The second-order valence-corrected chi connectivity index (χ2v) is 7.59. The third-order valence-corrected chi connectivity index (χ3v) is 5.31. The summed E-state index contributed by atoms with van der Waals surface area (Å²) in [6, 6.07) is 12.5. The van der Waals surface area contributed by atoms with E-state index in [2.05, 4.69) is 14.9 Å². The van der Waals surface area contributed by atoms with Gasteiger partial charge in [-0.1, -0.05) is 35.5 Å². The molecule has 0 saturated carbocycles. The molecule has 2 aromatic carbocycles. The van der Waals surface area contributed by atoms with E-state index in [4.69, 9.17) is 4.52 Å². The maximum atomic E-state index is 12.8. The minimum Gasteiger partial charge on any atom is -0.339 e. The van der Waals surface area contributed by atoms with Crippen LogP contribution >= 0.6 is 0 Å². The van der Waals surface area contributed by atoms with Gasteiger partial charge in [0.05, 0.1) is 17.0 Å². The van der Waals surface area contributed by atoms with Crippen molar-refractivity contribution in [3.8, 4) is 0 Å². The van der Waals surface area contributed by atoms with Gasteiger partial charge in [0.1, 0.15) is 0 Å². The number of hydrogen-bond acceptors (Lipinski definition) is 5. The highest BCUT2D eigenvalue weighted by Gasteiger charge is 2.19. The number of aryl methyl sites for hydroxylation is 3. The van der Waals surface area contributed by atoms with Crippen LogP contribution in [0.15, 0.2) is 51.9 Å². The summed E-state index contributed by atoms with van der Waals surface area (Å²) in [5.41, 5.74) is 2.85. The third kappa shape index (κ3) is 3.88. The maximum Gasteiger partial charge on any atom is 0.262 e. The van der Waals surface area contributed by atoms with Gasteiger partial charge in [-0.2, -0.15) is 4.98 Å². The van der Waals surface area contributed by atoms with E-state index >= 15 is 0 Å². The zero-order valence-corrected chi connectivity index (χ0v) is 15.1. The van der Waals surface area contributed by atoms with E-state index in [0.29, 0.717) is 29.4 Å². The summed E-state index contributed by atoms with van der Waals surface area (Å²) in [4.78, 5) is 4.45. The molecule has 7 heteroatoms. The third-order valence-electron chi connectivity index (χ3n) is 3.81. The molecule has 0 aliphatic carbocycles. The van der Waals surface area contributed by atoms with E-state index < -0.39 is 10.0 Å². The van der Waals surface area contributed by atoms with Crippen molar-refractivity contribution in [2.75, 3.05) is 4.72 Å². The van der Waals surface area contributed by atoms with Gasteiger partial charge in [-0.05, 0) is 49.6 Å². The molecule has 0 amide bonds. The van der Waals surface area contributed by atoms with Crippen molar-refractivity contribution in [3.63, 3.8) is 0 Å². The predicted octanol–water partition coefficient (Wildman–Crippen LogP) is 3.39. The molecule has 0 spiro atoms. The SMILES string of the molecule is Cc1ccc(C)c(S(=O)(=O)Nc2ccccc2Cc2nc(C)no2)c1. The first-order valence-corrected chi connectivity index (χ1v) is 9.30. The van der Waals surface area contributed by atoms with Crippen molar-refractivity contribution < 1.29 is 12.9 Å². The molecule has 0 radical (unpaired) electrons. The van der Waals surface area contributed by atoms with Crippen LogP contribution in [0, 0.1) is 20.8 Å². The lowest BCUT2D eigenvalue weighted by molar-refractivity contribution is 0.381. The summed E-state index contributed by atoms with van der Waals surface area (Å²) in [6.07, 6.45) is 0.354. The normalized spacial score (nSPS) is 11.5. The number of anilines is 1. The molecule has 0 bridgehead atoms. The number of benzene rings is 2. The molecule has 130 valence electrons. The van der Waals surface area contributed by atoms with Crippen LogP contribution in [0.25, 0.3) is 0 Å². The van der Waals surface area contributed by atoms with E-state index in [1.165, 1.54) is 0 Å². The van der Waals surface area contributed by atoms with E-state index in [0.717, 1.165) is 11.1 Å². The monoisotopic (exact) mass is 357 g/mol. The van der Waals surface area contributed by atoms with Crippen molar-refractivity contribution in [1.82, 2.24) is 10.1 Å². The van der Waals surface area contributed by atoms with Gasteiger partial charge in [0.25, 0.3) is 10.0 Å². The molecule has 3 rings (SSSR count). The number of nitrogens with one attached hydrogen (secondary N) is 1. The molecule has 0 atom stereocenters. The van der Waals surface area contributed by atoms with Gasteiger partial charge in [-0.3, -0.25) is 4.72 Å². The molecule has 0 saturated heterocycles. The van der Waals surface area contributed by atoms with Crippen LogP contribution in [0.1, 0.15) is 28.4 Å². The minimum absolute atomic E-state index is 0.274. The zero-order valence-electron chi connectivity index (χ0n) is 14.3. The summed E-state index contributed by atoms with van der Waals surface area (Å²) in [5, 5.41) is 3.76. The summed E-state index contributed by atoms with van der Waals surface area (Å²) in [6.45, 7) is 5.38. The lowest BCUT2D eigenvalue weighted by Crippen LogP contribution is -2.15. The molecule has 0 unspecified atom stereocenters. The number of aromatic nitrogens is 2. The van der Waals surface area contributed by atoms with Gasteiger partial charge < -0.3 is 4.52 Å². The van der Waals surface area contributed by atoms with Gasteiger partial charge in [-0.25, -0.2) is 8.42 Å². The lowest BCUT2D eigenvalue weighted by atomic mass is 10.1. The van der Waals surface area contributed by atoms with E-state index in [1.807, 2.05) is 25.1 Å². The summed E-state index contributed by atoms with van der Waals surface area (Å²) >= 11 is 0. The highest BCUT2D eigenvalue weighted by Crippen LogP contribution is 2.24. The molecule has 3 aromatic rings.